The molecule has 2 N–H and O–H groups in total. The molecule has 0 spiro atoms. The van der Waals surface area contributed by atoms with Crippen LogP contribution in [-0.4, -0.2) is 19.3 Å². The number of nitrogens with two attached hydrogens (primary N) is 1. The first-order valence-electron chi connectivity index (χ1n) is 4.27. The normalized spacial score (nSPS) is 9.00. The zero-order valence-electron chi connectivity index (χ0n) is 7.97. The van der Waals surface area contributed by atoms with Crippen LogP contribution in [0.25, 0.3) is 0 Å². The number of carbonyl (C=O) groups is 1. The lowest BCUT2D eigenvalue weighted by Crippen LogP contribution is -2.17. The first-order chi connectivity index (χ1) is 7.22. The van der Waals surface area contributed by atoms with E-state index in [1.165, 1.54) is 0 Å². The van der Waals surface area contributed by atoms with Gasteiger partial charge in [0.05, 0.1) is 11.6 Å². The highest BCUT2D eigenvalue weighted by Crippen LogP contribution is 2.10. The van der Waals surface area contributed by atoms with Gasteiger partial charge in [-0.25, -0.2) is 4.79 Å². The highest BCUT2D eigenvalue weighted by Gasteiger charge is 1.96. The van der Waals surface area contributed by atoms with Crippen LogP contribution in [0.1, 0.15) is 5.56 Å². The van der Waals surface area contributed by atoms with E-state index in [0.29, 0.717) is 11.3 Å². The lowest BCUT2D eigenvalue weighted by Gasteiger charge is -2.05. The molecule has 78 valence electrons. The third-order valence-electron chi connectivity index (χ3n) is 1.58. The van der Waals surface area contributed by atoms with Gasteiger partial charge in [0.15, 0.2) is 0 Å². The van der Waals surface area contributed by atoms with Crippen molar-refractivity contribution in [3.05, 3.63) is 29.8 Å². The number of carbonyl (C=O) groups excluding carboxylic acids is 1. The van der Waals surface area contributed by atoms with Crippen LogP contribution in [0.4, 0.5) is 4.79 Å². The predicted molar refractivity (Wildman–Crippen MR) is 52.2 cm³/mol. The van der Waals surface area contributed by atoms with Crippen LogP contribution < -0.4 is 10.5 Å². The Hall–Kier alpha value is -2.22. The molecule has 0 saturated heterocycles. The second kappa shape index (κ2) is 5.50. The van der Waals surface area contributed by atoms with Gasteiger partial charge in [0.2, 0.25) is 0 Å². The molecule has 0 bridgehead atoms. The molecule has 0 atom stereocenters. The summed E-state index contributed by atoms with van der Waals surface area (Å²) in [5.41, 5.74) is 5.32. The fourth-order valence-corrected chi connectivity index (χ4v) is 0.927. The Labute approximate surface area is 87.0 Å². The van der Waals surface area contributed by atoms with Gasteiger partial charge in [-0.1, -0.05) is 0 Å². The Balaban J connectivity index is 2.32. The molecule has 1 aromatic rings. The van der Waals surface area contributed by atoms with Gasteiger partial charge < -0.3 is 15.2 Å². The van der Waals surface area contributed by atoms with Gasteiger partial charge in [-0.2, -0.15) is 5.26 Å². The maximum absolute atomic E-state index is 10.2. The van der Waals surface area contributed by atoms with Crippen molar-refractivity contribution in [3.63, 3.8) is 0 Å². The summed E-state index contributed by atoms with van der Waals surface area (Å²) >= 11 is 0. The molecule has 0 unspecified atom stereocenters. The molecule has 1 rings (SSSR count). The average molecular weight is 206 g/mol. The van der Waals surface area contributed by atoms with E-state index in [1.807, 2.05) is 6.07 Å². The molecule has 5 nitrogen and oxygen atoms in total. The number of benzene rings is 1. The van der Waals surface area contributed by atoms with Crippen molar-refractivity contribution >= 4 is 6.09 Å². The molecular weight excluding hydrogens is 196 g/mol. The van der Waals surface area contributed by atoms with Crippen LogP contribution >= 0.6 is 0 Å². The lowest BCUT2D eigenvalue weighted by molar-refractivity contribution is 0.134. The quantitative estimate of drug-likeness (QED) is 0.745. The van der Waals surface area contributed by atoms with E-state index in [9.17, 15) is 4.79 Å². The number of hydrogen-bond donors (Lipinski definition) is 1. The second-order valence-corrected chi connectivity index (χ2v) is 2.65. The van der Waals surface area contributed by atoms with Crippen molar-refractivity contribution in [2.45, 2.75) is 0 Å². The van der Waals surface area contributed by atoms with Gasteiger partial charge in [0, 0.05) is 0 Å². The number of ether oxygens (including phenoxy) is 2. The largest absolute Gasteiger partial charge is 0.490 e. The van der Waals surface area contributed by atoms with Crippen LogP contribution in [-0.2, 0) is 4.74 Å². The highest BCUT2D eigenvalue weighted by atomic mass is 16.6. The van der Waals surface area contributed by atoms with Gasteiger partial charge in [-0.15, -0.1) is 0 Å². The maximum atomic E-state index is 10.2. The summed E-state index contributed by atoms with van der Waals surface area (Å²) < 4.78 is 9.68. The minimum Gasteiger partial charge on any atom is -0.490 e. The summed E-state index contributed by atoms with van der Waals surface area (Å²) in [5.74, 6) is 0.613. The molecule has 0 aliphatic rings. The van der Waals surface area contributed by atoms with Gasteiger partial charge in [-0.05, 0) is 24.3 Å². The number of nitrogens with zero attached hydrogens (tertiary/aromatic N) is 1. The molecule has 1 aromatic carbocycles. The number of rotatable bonds is 4. The minimum atomic E-state index is -0.821. The number of nitriles is 1. The summed E-state index contributed by atoms with van der Waals surface area (Å²) in [5, 5.41) is 8.54. The Kier molecular flexibility index (Phi) is 3.98. The van der Waals surface area contributed by atoms with E-state index in [2.05, 4.69) is 4.74 Å². The summed E-state index contributed by atoms with van der Waals surface area (Å²) in [6.07, 6.45) is -0.821. The second-order valence-electron chi connectivity index (χ2n) is 2.65. The highest BCUT2D eigenvalue weighted by molar-refractivity contribution is 5.64. The number of amides is 1. The van der Waals surface area contributed by atoms with E-state index >= 15 is 0 Å². The van der Waals surface area contributed by atoms with Crippen molar-refractivity contribution in [2.24, 2.45) is 5.73 Å². The van der Waals surface area contributed by atoms with E-state index in [1.54, 1.807) is 24.3 Å². The first kappa shape index (κ1) is 10.9. The number of primary amides is 1. The van der Waals surface area contributed by atoms with Crippen LogP contribution in [0.2, 0.25) is 0 Å². The predicted octanol–water partition coefficient (Wildman–Crippen LogP) is 1.03. The summed E-state index contributed by atoms with van der Waals surface area (Å²) in [7, 11) is 0. The molecular formula is C10H10N2O3. The monoisotopic (exact) mass is 206 g/mol. The third kappa shape index (κ3) is 4.00. The van der Waals surface area contributed by atoms with Crippen LogP contribution in [0.3, 0.4) is 0 Å². The Bertz CT molecular complexity index is 367. The van der Waals surface area contributed by atoms with Gasteiger partial charge in [0.25, 0.3) is 0 Å². The van der Waals surface area contributed by atoms with Crippen molar-refractivity contribution in [1.29, 1.82) is 5.26 Å². The van der Waals surface area contributed by atoms with Gasteiger partial charge in [-0.3, -0.25) is 0 Å². The Morgan fingerprint density at radius 2 is 2.00 bits per heavy atom. The molecule has 0 saturated carbocycles. The smallest absolute Gasteiger partial charge is 0.404 e. The summed E-state index contributed by atoms with van der Waals surface area (Å²) in [6, 6.07) is 8.62. The molecule has 15 heavy (non-hydrogen) atoms. The van der Waals surface area contributed by atoms with E-state index in [4.69, 9.17) is 15.7 Å². The topological polar surface area (TPSA) is 85.3 Å². The molecule has 0 aliphatic carbocycles. The Morgan fingerprint density at radius 3 is 2.53 bits per heavy atom. The Morgan fingerprint density at radius 1 is 1.33 bits per heavy atom. The van der Waals surface area contributed by atoms with E-state index in [0.717, 1.165) is 0 Å². The van der Waals surface area contributed by atoms with Crippen LogP contribution in [0.5, 0.6) is 5.75 Å². The van der Waals surface area contributed by atoms with Gasteiger partial charge in [0.1, 0.15) is 19.0 Å². The standard InChI is InChI=1S/C10H10N2O3/c11-7-8-1-3-9(4-2-8)14-5-6-15-10(12)13/h1-4H,5-6H2,(H2,12,13). The van der Waals surface area contributed by atoms with Crippen molar-refractivity contribution in [3.8, 4) is 11.8 Å². The molecule has 0 aliphatic heterocycles. The molecule has 0 fully saturated rings. The molecule has 0 heterocycles. The fourth-order valence-electron chi connectivity index (χ4n) is 0.927. The van der Waals surface area contributed by atoms with Crippen molar-refractivity contribution in [2.75, 3.05) is 13.2 Å². The average Bonchev–Trinajstić information content (AvgIpc) is 2.25. The van der Waals surface area contributed by atoms with Crippen LogP contribution in [0.15, 0.2) is 24.3 Å². The zero-order chi connectivity index (χ0) is 11.1. The summed E-state index contributed by atoms with van der Waals surface area (Å²) in [6.45, 7) is 0.337. The lowest BCUT2D eigenvalue weighted by atomic mass is 10.2. The fraction of sp³-hybridized carbons (Fsp3) is 0.200. The van der Waals surface area contributed by atoms with Crippen molar-refractivity contribution < 1.29 is 14.3 Å². The summed E-state index contributed by atoms with van der Waals surface area (Å²) in [4.78, 5) is 10.2. The maximum Gasteiger partial charge on any atom is 0.404 e. The SMILES string of the molecule is N#Cc1ccc(OCCOC(N)=O)cc1. The zero-order valence-corrected chi connectivity index (χ0v) is 7.97. The first-order valence-corrected chi connectivity index (χ1v) is 4.27. The van der Waals surface area contributed by atoms with E-state index in [-0.39, 0.29) is 13.2 Å². The molecule has 1 amide bonds. The third-order valence-corrected chi connectivity index (χ3v) is 1.58. The minimum absolute atomic E-state index is 0.106. The van der Waals surface area contributed by atoms with Crippen molar-refractivity contribution in [1.82, 2.24) is 0 Å². The molecule has 0 radical (unpaired) electrons. The molecule has 0 aromatic heterocycles. The van der Waals surface area contributed by atoms with Crippen LogP contribution in [0, 0.1) is 11.3 Å². The van der Waals surface area contributed by atoms with E-state index < -0.39 is 6.09 Å². The number of hydrogen-bond acceptors (Lipinski definition) is 4. The molecule has 5 heteroatoms. The van der Waals surface area contributed by atoms with Gasteiger partial charge >= 0.3 is 6.09 Å².